The van der Waals surface area contributed by atoms with Crippen molar-refractivity contribution in [1.82, 2.24) is 15.1 Å². The Kier molecular flexibility index (Phi) is 5.75. The molecule has 0 N–H and O–H groups in total. The third-order valence-electron chi connectivity index (χ3n) is 5.29. The molecule has 0 saturated carbocycles. The maximum Gasteiger partial charge on any atom is 0.416 e. The van der Waals surface area contributed by atoms with Gasteiger partial charge < -0.3 is 9.32 Å². The minimum atomic E-state index is -4.41. The second kappa shape index (κ2) is 8.49. The van der Waals surface area contributed by atoms with Gasteiger partial charge in [0.25, 0.3) is 0 Å². The highest BCUT2D eigenvalue weighted by molar-refractivity contribution is 5.79. The van der Waals surface area contributed by atoms with Gasteiger partial charge in [-0.2, -0.15) is 13.2 Å². The van der Waals surface area contributed by atoms with Gasteiger partial charge in [-0.25, -0.2) is 4.39 Å². The molecule has 0 aliphatic carbocycles. The minimum Gasteiger partial charge on any atom is -0.420 e. The SMILES string of the molecule is O=C(Cc1ccc(F)cc1)N1CCCC(c2nnc(-c3ccc(C(F)(F)F)cc3)o2)C1. The number of hydrogen-bond donors (Lipinski definition) is 0. The number of halogens is 4. The second-order valence-corrected chi connectivity index (χ2v) is 7.50. The van der Waals surface area contributed by atoms with Crippen LogP contribution in [0, 0.1) is 5.82 Å². The topological polar surface area (TPSA) is 59.2 Å². The molecule has 1 fully saturated rings. The summed E-state index contributed by atoms with van der Waals surface area (Å²) < 4.78 is 56.9. The van der Waals surface area contributed by atoms with E-state index in [2.05, 4.69) is 10.2 Å². The van der Waals surface area contributed by atoms with Gasteiger partial charge in [0.1, 0.15) is 5.82 Å². The Morgan fingerprint density at radius 1 is 1.06 bits per heavy atom. The molecule has 5 nitrogen and oxygen atoms in total. The molecule has 1 amide bonds. The van der Waals surface area contributed by atoms with Gasteiger partial charge in [0.15, 0.2) is 0 Å². The fourth-order valence-electron chi connectivity index (χ4n) is 3.61. The number of carbonyl (C=O) groups excluding carboxylic acids is 1. The summed E-state index contributed by atoms with van der Waals surface area (Å²) in [4.78, 5) is 14.4. The van der Waals surface area contributed by atoms with Crippen LogP contribution in [0.25, 0.3) is 11.5 Å². The van der Waals surface area contributed by atoms with Crippen molar-refractivity contribution in [1.29, 1.82) is 0 Å². The molecule has 2 heterocycles. The molecule has 1 aliphatic heterocycles. The number of likely N-dealkylation sites (tertiary alicyclic amines) is 1. The molecular formula is C22H19F4N3O2. The fourth-order valence-corrected chi connectivity index (χ4v) is 3.61. The summed E-state index contributed by atoms with van der Waals surface area (Å²) in [6, 6.07) is 10.3. The lowest BCUT2D eigenvalue weighted by Crippen LogP contribution is -2.40. The number of nitrogens with zero attached hydrogens (tertiary/aromatic N) is 3. The average molecular weight is 433 g/mol. The first-order chi connectivity index (χ1) is 14.8. The Bertz CT molecular complexity index is 1050. The number of hydrogen-bond acceptors (Lipinski definition) is 4. The van der Waals surface area contributed by atoms with Gasteiger partial charge in [-0.15, -0.1) is 10.2 Å². The summed E-state index contributed by atoms with van der Waals surface area (Å²) in [6.07, 6.45) is -2.72. The van der Waals surface area contributed by atoms with E-state index in [9.17, 15) is 22.4 Å². The highest BCUT2D eigenvalue weighted by Gasteiger charge is 2.31. The van der Waals surface area contributed by atoms with Crippen LogP contribution in [0.4, 0.5) is 17.6 Å². The van der Waals surface area contributed by atoms with E-state index in [1.165, 1.54) is 24.3 Å². The number of rotatable bonds is 4. The van der Waals surface area contributed by atoms with Crippen LogP contribution in [0.1, 0.15) is 35.8 Å². The molecule has 1 unspecified atom stereocenters. The number of carbonyl (C=O) groups is 1. The van der Waals surface area contributed by atoms with Crippen LogP contribution in [0.5, 0.6) is 0 Å². The smallest absolute Gasteiger partial charge is 0.416 e. The normalized spacial score (nSPS) is 17.0. The van der Waals surface area contributed by atoms with Crippen molar-refractivity contribution in [3.05, 3.63) is 71.4 Å². The Balaban J connectivity index is 1.42. The van der Waals surface area contributed by atoms with Crippen molar-refractivity contribution in [3.63, 3.8) is 0 Å². The zero-order valence-corrected chi connectivity index (χ0v) is 16.4. The van der Waals surface area contributed by atoms with E-state index in [0.29, 0.717) is 24.5 Å². The maximum atomic E-state index is 13.0. The first-order valence-corrected chi connectivity index (χ1v) is 9.83. The number of piperidine rings is 1. The van der Waals surface area contributed by atoms with Gasteiger partial charge in [0.05, 0.1) is 17.9 Å². The zero-order chi connectivity index (χ0) is 22.0. The van der Waals surface area contributed by atoms with Gasteiger partial charge in [-0.1, -0.05) is 12.1 Å². The monoisotopic (exact) mass is 433 g/mol. The van der Waals surface area contributed by atoms with Crippen LogP contribution in [-0.4, -0.2) is 34.1 Å². The number of alkyl halides is 3. The van der Waals surface area contributed by atoms with Crippen LogP contribution in [-0.2, 0) is 17.4 Å². The van der Waals surface area contributed by atoms with Crippen LogP contribution in [0.3, 0.4) is 0 Å². The van der Waals surface area contributed by atoms with Gasteiger partial charge in [-0.05, 0) is 54.8 Å². The summed E-state index contributed by atoms with van der Waals surface area (Å²) in [5.41, 5.74) is 0.376. The number of benzene rings is 2. The molecule has 31 heavy (non-hydrogen) atoms. The molecule has 162 valence electrons. The molecule has 2 aromatic carbocycles. The Labute approximate surface area is 175 Å². The van der Waals surface area contributed by atoms with E-state index in [0.717, 1.165) is 30.5 Å². The quantitative estimate of drug-likeness (QED) is 0.553. The van der Waals surface area contributed by atoms with Gasteiger partial charge in [0, 0.05) is 18.7 Å². The summed E-state index contributed by atoms with van der Waals surface area (Å²) in [7, 11) is 0. The van der Waals surface area contributed by atoms with Crippen molar-refractivity contribution in [3.8, 4) is 11.5 Å². The predicted octanol–water partition coefficient (Wildman–Crippen LogP) is 4.84. The predicted molar refractivity (Wildman–Crippen MR) is 103 cm³/mol. The molecular weight excluding hydrogens is 414 g/mol. The largest absolute Gasteiger partial charge is 0.420 e. The van der Waals surface area contributed by atoms with Crippen LogP contribution >= 0.6 is 0 Å². The van der Waals surface area contributed by atoms with Crippen molar-refractivity contribution in [2.75, 3.05) is 13.1 Å². The third-order valence-corrected chi connectivity index (χ3v) is 5.29. The van der Waals surface area contributed by atoms with E-state index in [-0.39, 0.29) is 30.0 Å². The lowest BCUT2D eigenvalue weighted by Gasteiger charge is -2.31. The van der Waals surface area contributed by atoms with E-state index in [1.807, 2.05) is 0 Å². The van der Waals surface area contributed by atoms with E-state index in [1.54, 1.807) is 17.0 Å². The second-order valence-electron chi connectivity index (χ2n) is 7.50. The first-order valence-electron chi connectivity index (χ1n) is 9.83. The summed E-state index contributed by atoms with van der Waals surface area (Å²) >= 11 is 0. The number of amides is 1. The average Bonchev–Trinajstić information content (AvgIpc) is 3.25. The van der Waals surface area contributed by atoms with E-state index in [4.69, 9.17) is 4.42 Å². The van der Waals surface area contributed by atoms with Crippen molar-refractivity contribution in [2.24, 2.45) is 0 Å². The van der Waals surface area contributed by atoms with Crippen molar-refractivity contribution in [2.45, 2.75) is 31.4 Å². The lowest BCUT2D eigenvalue weighted by atomic mass is 9.97. The van der Waals surface area contributed by atoms with Crippen LogP contribution in [0.15, 0.2) is 52.9 Å². The molecule has 1 saturated heterocycles. The first kappa shape index (κ1) is 21.0. The Morgan fingerprint density at radius 3 is 2.45 bits per heavy atom. The minimum absolute atomic E-state index is 0.0706. The molecule has 0 bridgehead atoms. The zero-order valence-electron chi connectivity index (χ0n) is 16.4. The molecule has 1 aromatic heterocycles. The van der Waals surface area contributed by atoms with E-state index >= 15 is 0 Å². The highest BCUT2D eigenvalue weighted by Crippen LogP contribution is 2.32. The molecule has 3 aromatic rings. The molecule has 4 rings (SSSR count). The van der Waals surface area contributed by atoms with Crippen molar-refractivity contribution < 1.29 is 26.8 Å². The lowest BCUT2D eigenvalue weighted by molar-refractivity contribution is -0.137. The molecule has 1 atom stereocenters. The van der Waals surface area contributed by atoms with Gasteiger partial charge >= 0.3 is 6.18 Å². The summed E-state index contributed by atoms with van der Waals surface area (Å²) in [5.74, 6) is -0.0810. The molecule has 1 aliphatic rings. The van der Waals surface area contributed by atoms with E-state index < -0.39 is 11.7 Å². The summed E-state index contributed by atoms with van der Waals surface area (Å²) in [5, 5.41) is 8.02. The third kappa shape index (κ3) is 4.92. The fraction of sp³-hybridized carbons (Fsp3) is 0.318. The van der Waals surface area contributed by atoms with Crippen LogP contribution in [0.2, 0.25) is 0 Å². The maximum absolute atomic E-state index is 13.0. The molecule has 0 radical (unpaired) electrons. The van der Waals surface area contributed by atoms with Gasteiger partial charge in [-0.3, -0.25) is 4.79 Å². The van der Waals surface area contributed by atoms with Crippen molar-refractivity contribution >= 4 is 5.91 Å². The Hall–Kier alpha value is -3.23. The Morgan fingerprint density at radius 2 is 1.77 bits per heavy atom. The number of aromatic nitrogens is 2. The molecule has 0 spiro atoms. The standard InChI is InChI=1S/C22H19F4N3O2/c23-18-9-3-14(4-10-18)12-19(30)29-11-1-2-16(13-29)21-28-27-20(31-21)15-5-7-17(8-6-15)22(24,25)26/h3-10,16H,1-2,11-13H2. The molecule has 9 heteroatoms. The van der Waals surface area contributed by atoms with Crippen LogP contribution < -0.4 is 0 Å². The highest BCUT2D eigenvalue weighted by atomic mass is 19.4. The van der Waals surface area contributed by atoms with Gasteiger partial charge in [0.2, 0.25) is 17.7 Å². The summed E-state index contributed by atoms with van der Waals surface area (Å²) in [6.45, 7) is 1.02.